The Morgan fingerprint density at radius 1 is 1.35 bits per heavy atom. The monoisotopic (exact) mass is 247 g/mol. The van der Waals surface area contributed by atoms with Crippen molar-refractivity contribution in [1.29, 1.82) is 0 Å². The normalized spacial score (nSPS) is 11.4. The van der Waals surface area contributed by atoms with Crippen molar-refractivity contribution in [2.75, 3.05) is 0 Å². The number of hydrogen-bond donors (Lipinski definition) is 0. The van der Waals surface area contributed by atoms with Crippen LogP contribution in [0.15, 0.2) is 12.1 Å². The number of nitro groups is 1. The van der Waals surface area contributed by atoms with E-state index in [1.807, 2.05) is 0 Å². The summed E-state index contributed by atoms with van der Waals surface area (Å²) in [5.41, 5.74) is -2.29. The van der Waals surface area contributed by atoms with E-state index in [1.54, 1.807) is 0 Å². The first kappa shape index (κ1) is 13.1. The molecule has 0 aromatic heterocycles. The summed E-state index contributed by atoms with van der Waals surface area (Å²) in [7, 11) is 0. The predicted octanol–water partition coefficient (Wildman–Crippen LogP) is 3.12. The summed E-state index contributed by atoms with van der Waals surface area (Å²) in [6.07, 6.45) is -4.68. The quantitative estimate of drug-likeness (QED) is 0.458. The van der Waals surface area contributed by atoms with Gasteiger partial charge in [0.2, 0.25) is 0 Å². The van der Waals surface area contributed by atoms with Crippen molar-refractivity contribution in [2.45, 2.75) is 20.0 Å². The molecule has 7 heteroatoms. The highest BCUT2D eigenvalue weighted by Gasteiger charge is 2.34. The first-order valence-corrected chi connectivity index (χ1v) is 4.51. The lowest BCUT2D eigenvalue weighted by Crippen LogP contribution is -2.10. The number of halogens is 3. The number of carbonyl (C=O) groups is 1. The Hall–Kier alpha value is -1.92. The SMILES string of the molecule is CC(=O)c1c(C)cc(C(F)(F)F)cc1[N+](=O)[O-]. The Balaban J connectivity index is 3.58. The zero-order chi connectivity index (χ0) is 13.4. The highest BCUT2D eigenvalue weighted by molar-refractivity contribution is 5.99. The number of hydrogen-bond acceptors (Lipinski definition) is 3. The maximum absolute atomic E-state index is 12.4. The number of ketones is 1. The molecule has 4 nitrogen and oxygen atoms in total. The molecule has 0 heterocycles. The van der Waals surface area contributed by atoms with Crippen LogP contribution in [-0.4, -0.2) is 10.7 Å². The van der Waals surface area contributed by atoms with Gasteiger partial charge in [-0.3, -0.25) is 14.9 Å². The standard InChI is InChI=1S/C10H8F3NO3/c1-5-3-7(10(11,12)13)4-8(14(16)17)9(5)6(2)15/h3-4H,1-2H3. The number of aryl methyl sites for hydroxylation is 1. The summed E-state index contributed by atoms with van der Waals surface area (Å²) in [6.45, 7) is 2.31. The number of alkyl halides is 3. The number of rotatable bonds is 2. The molecule has 0 aliphatic rings. The van der Waals surface area contributed by atoms with Gasteiger partial charge in [-0.1, -0.05) is 0 Å². The van der Waals surface area contributed by atoms with Crippen LogP contribution in [0.3, 0.4) is 0 Å². The van der Waals surface area contributed by atoms with Gasteiger partial charge in [-0.2, -0.15) is 13.2 Å². The first-order valence-electron chi connectivity index (χ1n) is 4.51. The molecule has 0 N–H and O–H groups in total. The van der Waals surface area contributed by atoms with E-state index >= 15 is 0 Å². The van der Waals surface area contributed by atoms with Crippen LogP contribution in [0.2, 0.25) is 0 Å². The molecule has 1 rings (SSSR count). The number of carbonyl (C=O) groups excluding carboxylic acids is 1. The van der Waals surface area contributed by atoms with Gasteiger partial charge in [0.25, 0.3) is 5.69 Å². The number of nitro benzene ring substituents is 1. The molecule has 1 aromatic carbocycles. The van der Waals surface area contributed by atoms with Gasteiger partial charge in [0.05, 0.1) is 16.1 Å². The number of nitrogens with zero attached hydrogens (tertiary/aromatic N) is 1. The van der Waals surface area contributed by atoms with E-state index in [4.69, 9.17) is 0 Å². The van der Waals surface area contributed by atoms with Gasteiger partial charge >= 0.3 is 6.18 Å². The summed E-state index contributed by atoms with van der Waals surface area (Å²) in [5, 5.41) is 10.6. The maximum Gasteiger partial charge on any atom is 0.416 e. The molecule has 0 atom stereocenters. The van der Waals surface area contributed by atoms with Crippen LogP contribution in [0.5, 0.6) is 0 Å². The van der Waals surface area contributed by atoms with Crippen molar-refractivity contribution in [3.05, 3.63) is 38.9 Å². The molecular weight excluding hydrogens is 239 g/mol. The summed E-state index contributed by atoms with van der Waals surface area (Å²) < 4.78 is 37.3. The third-order valence-electron chi connectivity index (χ3n) is 2.19. The van der Waals surface area contributed by atoms with E-state index in [1.165, 1.54) is 6.92 Å². The second-order valence-corrected chi connectivity index (χ2v) is 3.50. The predicted molar refractivity (Wildman–Crippen MR) is 52.8 cm³/mol. The Morgan fingerprint density at radius 2 is 1.88 bits per heavy atom. The van der Waals surface area contributed by atoms with Crippen LogP contribution in [0.4, 0.5) is 18.9 Å². The molecule has 0 radical (unpaired) electrons. The van der Waals surface area contributed by atoms with E-state index in [0.29, 0.717) is 6.07 Å². The average molecular weight is 247 g/mol. The molecule has 92 valence electrons. The molecular formula is C10H8F3NO3. The molecule has 17 heavy (non-hydrogen) atoms. The molecule has 0 bridgehead atoms. The third kappa shape index (κ3) is 2.61. The Labute approximate surface area is 94.2 Å². The number of Topliss-reactive ketones (excluding diaryl/α,β-unsaturated/α-hetero) is 1. The van der Waals surface area contributed by atoms with Crippen molar-refractivity contribution >= 4 is 11.5 Å². The van der Waals surface area contributed by atoms with E-state index in [9.17, 15) is 28.1 Å². The van der Waals surface area contributed by atoms with Gasteiger partial charge < -0.3 is 0 Å². The second-order valence-electron chi connectivity index (χ2n) is 3.50. The molecule has 0 aliphatic carbocycles. The van der Waals surface area contributed by atoms with Crippen molar-refractivity contribution in [3.8, 4) is 0 Å². The van der Waals surface area contributed by atoms with Crippen molar-refractivity contribution in [1.82, 2.24) is 0 Å². The van der Waals surface area contributed by atoms with Gasteiger partial charge in [-0.05, 0) is 25.5 Å². The molecule has 1 aromatic rings. The Morgan fingerprint density at radius 3 is 2.24 bits per heavy atom. The Bertz CT molecular complexity index is 494. The van der Waals surface area contributed by atoms with E-state index in [-0.39, 0.29) is 11.1 Å². The molecule has 0 unspecified atom stereocenters. The zero-order valence-electron chi connectivity index (χ0n) is 8.96. The van der Waals surface area contributed by atoms with Gasteiger partial charge in [0, 0.05) is 6.07 Å². The lowest BCUT2D eigenvalue weighted by molar-refractivity contribution is -0.385. The van der Waals surface area contributed by atoms with Crippen LogP contribution in [0.25, 0.3) is 0 Å². The molecule has 0 saturated heterocycles. The molecule has 0 saturated carbocycles. The topological polar surface area (TPSA) is 60.2 Å². The van der Waals surface area contributed by atoms with Crippen LogP contribution in [-0.2, 0) is 6.18 Å². The molecule has 0 amide bonds. The van der Waals surface area contributed by atoms with Crippen LogP contribution in [0.1, 0.15) is 28.4 Å². The Kier molecular flexibility index (Phi) is 3.21. The van der Waals surface area contributed by atoms with Crippen molar-refractivity contribution in [3.63, 3.8) is 0 Å². The lowest BCUT2D eigenvalue weighted by atomic mass is 10.00. The average Bonchev–Trinajstić information content (AvgIpc) is 2.13. The molecule has 0 aliphatic heterocycles. The minimum atomic E-state index is -4.68. The number of benzene rings is 1. The molecule has 0 spiro atoms. The summed E-state index contributed by atoms with van der Waals surface area (Å²) in [5.74, 6) is -0.636. The second kappa shape index (κ2) is 4.15. The summed E-state index contributed by atoms with van der Waals surface area (Å²) >= 11 is 0. The van der Waals surface area contributed by atoms with Gasteiger partial charge in [0.1, 0.15) is 0 Å². The third-order valence-corrected chi connectivity index (χ3v) is 2.19. The van der Waals surface area contributed by atoms with Crippen LogP contribution in [0, 0.1) is 17.0 Å². The van der Waals surface area contributed by atoms with Crippen molar-refractivity contribution < 1.29 is 22.9 Å². The van der Waals surface area contributed by atoms with Crippen molar-refractivity contribution in [2.24, 2.45) is 0 Å². The van der Waals surface area contributed by atoms with Crippen LogP contribution >= 0.6 is 0 Å². The van der Waals surface area contributed by atoms with Gasteiger partial charge in [-0.25, -0.2) is 0 Å². The lowest BCUT2D eigenvalue weighted by Gasteiger charge is -2.10. The summed E-state index contributed by atoms with van der Waals surface area (Å²) in [6, 6.07) is 1.10. The van der Waals surface area contributed by atoms with Gasteiger partial charge in [0.15, 0.2) is 5.78 Å². The van der Waals surface area contributed by atoms with E-state index in [0.717, 1.165) is 13.0 Å². The smallest absolute Gasteiger partial charge is 0.294 e. The zero-order valence-corrected chi connectivity index (χ0v) is 8.96. The minimum Gasteiger partial charge on any atom is -0.294 e. The fourth-order valence-electron chi connectivity index (χ4n) is 1.53. The fourth-order valence-corrected chi connectivity index (χ4v) is 1.53. The molecule has 0 fully saturated rings. The fraction of sp³-hybridized carbons (Fsp3) is 0.300. The highest BCUT2D eigenvalue weighted by atomic mass is 19.4. The van der Waals surface area contributed by atoms with E-state index < -0.39 is 28.1 Å². The van der Waals surface area contributed by atoms with E-state index in [2.05, 4.69) is 0 Å². The first-order chi connectivity index (χ1) is 7.64. The largest absolute Gasteiger partial charge is 0.416 e. The van der Waals surface area contributed by atoms with Gasteiger partial charge in [-0.15, -0.1) is 0 Å². The van der Waals surface area contributed by atoms with Crippen LogP contribution < -0.4 is 0 Å². The summed E-state index contributed by atoms with van der Waals surface area (Å²) in [4.78, 5) is 20.8. The highest BCUT2D eigenvalue weighted by Crippen LogP contribution is 2.34. The minimum absolute atomic E-state index is 0.0565. The maximum atomic E-state index is 12.4.